The van der Waals surface area contributed by atoms with Crippen molar-refractivity contribution >= 4 is 43.5 Å². The Balaban J connectivity index is 1.36. The van der Waals surface area contributed by atoms with Gasteiger partial charge in [0.05, 0.1) is 22.9 Å². The van der Waals surface area contributed by atoms with Crippen LogP contribution >= 0.6 is 23.5 Å². The normalized spacial score (nSPS) is 13.9. The molecule has 4 heterocycles. The van der Waals surface area contributed by atoms with Crippen LogP contribution in [0.3, 0.4) is 0 Å². The van der Waals surface area contributed by atoms with E-state index in [0.717, 1.165) is 38.7 Å². The van der Waals surface area contributed by atoms with Gasteiger partial charge in [-0.3, -0.25) is 9.97 Å². The highest BCUT2D eigenvalue weighted by molar-refractivity contribution is 8.00. The summed E-state index contributed by atoms with van der Waals surface area (Å²) in [5.74, 6) is 0. The Labute approximate surface area is 173 Å². The van der Waals surface area contributed by atoms with Crippen LogP contribution in [0.25, 0.3) is 11.3 Å². The fourth-order valence-electron chi connectivity index (χ4n) is 3.36. The van der Waals surface area contributed by atoms with E-state index in [2.05, 4.69) is 52.4 Å². The zero-order chi connectivity index (χ0) is 18.5. The summed E-state index contributed by atoms with van der Waals surface area (Å²) >= 11 is 3.41. The molecule has 2 aromatic carbocycles. The van der Waals surface area contributed by atoms with Gasteiger partial charge in [0.1, 0.15) is 10.1 Å². The van der Waals surface area contributed by atoms with Crippen molar-refractivity contribution in [1.29, 1.82) is 0 Å². The van der Waals surface area contributed by atoms with E-state index < -0.39 is 0 Å². The molecule has 0 bridgehead atoms. The summed E-state index contributed by atoms with van der Waals surface area (Å²) in [4.78, 5) is 21.1. The van der Waals surface area contributed by atoms with E-state index in [0.29, 0.717) is 9.52 Å². The van der Waals surface area contributed by atoms with E-state index in [9.17, 15) is 0 Å². The van der Waals surface area contributed by atoms with E-state index in [1.165, 1.54) is 20.5 Å². The van der Waals surface area contributed by atoms with Crippen LogP contribution in [-0.2, 0) is 6.42 Å². The van der Waals surface area contributed by atoms with Crippen molar-refractivity contribution in [2.75, 3.05) is 0 Å². The summed E-state index contributed by atoms with van der Waals surface area (Å²) in [6, 6.07) is 15.0. The van der Waals surface area contributed by atoms with E-state index in [-0.39, 0.29) is 0 Å². The third-order valence-corrected chi connectivity index (χ3v) is 8.61. The number of hydrogen-bond donors (Lipinski definition) is 0. The molecule has 0 saturated heterocycles. The predicted molar refractivity (Wildman–Crippen MR) is 112 cm³/mol. The first-order valence-corrected chi connectivity index (χ1v) is 11.5. The van der Waals surface area contributed by atoms with E-state index in [1.807, 2.05) is 6.20 Å². The fourth-order valence-corrected chi connectivity index (χ4v) is 6.75. The molecule has 6 rings (SSSR count). The SMILES string of the molecule is c1ccc2c(c1)Cc1ncc(-c3ccc4c(c3)Sc3nccnc3[Si]4)nc1S2. The first-order valence-electron chi connectivity index (χ1n) is 8.85. The number of hydrogen-bond acceptors (Lipinski definition) is 6. The molecule has 0 fully saturated rings. The molecular weight excluding hydrogens is 400 g/mol. The molecule has 132 valence electrons. The van der Waals surface area contributed by atoms with Gasteiger partial charge in [-0.25, -0.2) is 9.97 Å². The maximum absolute atomic E-state index is 4.94. The molecule has 0 saturated carbocycles. The predicted octanol–water partition coefficient (Wildman–Crippen LogP) is 3.11. The van der Waals surface area contributed by atoms with Crippen molar-refractivity contribution in [2.45, 2.75) is 26.3 Å². The number of aromatic nitrogens is 4. The Hall–Kier alpha value is -2.48. The zero-order valence-electron chi connectivity index (χ0n) is 14.6. The monoisotopic (exact) mass is 412 g/mol. The van der Waals surface area contributed by atoms with Crippen LogP contribution in [0, 0.1) is 0 Å². The van der Waals surface area contributed by atoms with Crippen molar-refractivity contribution in [3.05, 3.63) is 72.3 Å². The maximum Gasteiger partial charge on any atom is 0.153 e. The van der Waals surface area contributed by atoms with Crippen LogP contribution in [-0.4, -0.2) is 29.5 Å². The van der Waals surface area contributed by atoms with Gasteiger partial charge < -0.3 is 0 Å². The van der Waals surface area contributed by atoms with Gasteiger partial charge in [-0.05, 0) is 22.9 Å². The number of rotatable bonds is 1. The average molecular weight is 413 g/mol. The quantitative estimate of drug-likeness (QED) is 0.387. The minimum absolute atomic E-state index is 0.548. The lowest BCUT2D eigenvalue weighted by atomic mass is 10.1. The van der Waals surface area contributed by atoms with Crippen LogP contribution in [0.4, 0.5) is 0 Å². The Morgan fingerprint density at radius 3 is 2.75 bits per heavy atom. The Morgan fingerprint density at radius 1 is 0.857 bits per heavy atom. The Bertz CT molecular complexity index is 1150. The van der Waals surface area contributed by atoms with Crippen molar-refractivity contribution in [3.8, 4) is 11.3 Å². The summed E-state index contributed by atoms with van der Waals surface area (Å²) in [6.45, 7) is 0. The van der Waals surface area contributed by atoms with Crippen molar-refractivity contribution in [3.63, 3.8) is 0 Å². The summed E-state index contributed by atoms with van der Waals surface area (Å²) in [6.07, 6.45) is 6.28. The number of fused-ring (bicyclic) bond motifs is 4. The van der Waals surface area contributed by atoms with Gasteiger partial charge in [0.2, 0.25) is 0 Å². The highest BCUT2D eigenvalue weighted by Gasteiger charge is 2.21. The summed E-state index contributed by atoms with van der Waals surface area (Å²) < 4.78 is 0. The average Bonchev–Trinajstić information content (AvgIpc) is 2.75. The summed E-state index contributed by atoms with van der Waals surface area (Å²) in [5.41, 5.74) is 4.40. The van der Waals surface area contributed by atoms with E-state index >= 15 is 0 Å². The molecule has 2 aromatic heterocycles. The molecule has 2 radical (unpaired) electrons. The number of nitrogens with zero attached hydrogens (tertiary/aromatic N) is 4. The third-order valence-electron chi connectivity index (χ3n) is 4.75. The molecule has 0 N–H and O–H groups in total. The molecule has 28 heavy (non-hydrogen) atoms. The first-order chi connectivity index (χ1) is 13.8. The smallest absolute Gasteiger partial charge is 0.153 e. The third kappa shape index (κ3) is 2.78. The molecule has 7 heteroatoms. The highest BCUT2D eigenvalue weighted by atomic mass is 32.2. The van der Waals surface area contributed by atoms with Gasteiger partial charge in [-0.2, -0.15) is 0 Å². The highest BCUT2D eigenvalue weighted by Crippen LogP contribution is 2.38. The van der Waals surface area contributed by atoms with Gasteiger partial charge in [0.25, 0.3) is 0 Å². The topological polar surface area (TPSA) is 51.6 Å². The first kappa shape index (κ1) is 16.5. The molecule has 0 aliphatic carbocycles. The maximum atomic E-state index is 4.94. The van der Waals surface area contributed by atoms with E-state index in [1.54, 1.807) is 35.9 Å². The minimum Gasteiger partial charge on any atom is -0.262 e. The van der Waals surface area contributed by atoms with Gasteiger partial charge in [-0.15, -0.1) is 0 Å². The fraction of sp³-hybridized carbons (Fsp3) is 0.0476. The van der Waals surface area contributed by atoms with Crippen LogP contribution in [0.2, 0.25) is 0 Å². The van der Waals surface area contributed by atoms with Gasteiger partial charge in [0.15, 0.2) is 9.52 Å². The van der Waals surface area contributed by atoms with Crippen LogP contribution in [0.15, 0.2) is 80.9 Å². The van der Waals surface area contributed by atoms with E-state index in [4.69, 9.17) is 9.97 Å². The lowest BCUT2D eigenvalue weighted by Gasteiger charge is -2.19. The summed E-state index contributed by atoms with van der Waals surface area (Å²) in [5, 5.41) is 4.42. The minimum atomic E-state index is 0.548. The molecule has 0 amide bonds. The number of benzene rings is 2. The zero-order valence-corrected chi connectivity index (χ0v) is 17.2. The second kappa shape index (κ2) is 6.54. The summed E-state index contributed by atoms with van der Waals surface area (Å²) in [7, 11) is 0.548. The molecule has 0 spiro atoms. The standard InChI is InChI=1S/C21H12N4S2Si/c1-2-4-16-13(3-1)9-14-19(26-16)25-15(11-24-14)12-5-6-18-17(10-12)27-20-21(28-18)23-8-7-22-20/h1-8,10-11H,9H2. The second-order valence-corrected chi connectivity index (χ2v) is 9.87. The van der Waals surface area contributed by atoms with Gasteiger partial charge in [0, 0.05) is 34.2 Å². The van der Waals surface area contributed by atoms with Crippen molar-refractivity contribution in [2.24, 2.45) is 0 Å². The second-order valence-electron chi connectivity index (χ2n) is 6.54. The van der Waals surface area contributed by atoms with Crippen LogP contribution in [0.5, 0.6) is 0 Å². The van der Waals surface area contributed by atoms with Gasteiger partial charge in [-0.1, -0.05) is 53.9 Å². The molecule has 0 atom stereocenters. The largest absolute Gasteiger partial charge is 0.262 e. The van der Waals surface area contributed by atoms with Crippen LogP contribution in [0.1, 0.15) is 11.3 Å². The molecule has 2 aliphatic rings. The lowest BCUT2D eigenvalue weighted by Crippen LogP contribution is -2.36. The molecule has 2 aliphatic heterocycles. The molecule has 4 aromatic rings. The molecule has 0 unspecified atom stereocenters. The van der Waals surface area contributed by atoms with Crippen molar-refractivity contribution < 1.29 is 0 Å². The molecule has 4 nitrogen and oxygen atoms in total. The molecular formula is C21H12N4S2Si. The van der Waals surface area contributed by atoms with Gasteiger partial charge >= 0.3 is 0 Å². The Kier molecular flexibility index (Phi) is 3.85. The lowest BCUT2D eigenvalue weighted by molar-refractivity contribution is 0.905. The van der Waals surface area contributed by atoms with Crippen LogP contribution < -0.4 is 10.5 Å². The van der Waals surface area contributed by atoms with Crippen molar-refractivity contribution in [1.82, 2.24) is 19.9 Å². The Morgan fingerprint density at radius 2 is 1.75 bits per heavy atom.